The first-order chi connectivity index (χ1) is 12.8. The number of hydrogen-bond donors (Lipinski definition) is 2. The molecule has 0 saturated carbocycles. The van der Waals surface area contributed by atoms with Crippen LogP contribution in [0.1, 0.15) is 36.1 Å². The van der Waals surface area contributed by atoms with Crippen molar-refractivity contribution in [1.82, 2.24) is 15.0 Å². The molecule has 1 aromatic carbocycles. The minimum Gasteiger partial charge on any atom is -0.377 e. The van der Waals surface area contributed by atoms with E-state index in [1.54, 1.807) is 0 Å². The van der Waals surface area contributed by atoms with Crippen molar-refractivity contribution in [3.8, 4) is 11.3 Å². The van der Waals surface area contributed by atoms with Gasteiger partial charge in [-0.25, -0.2) is 9.97 Å². The fourth-order valence-corrected chi connectivity index (χ4v) is 4.13. The summed E-state index contributed by atoms with van der Waals surface area (Å²) in [5.41, 5.74) is 14.4. The van der Waals surface area contributed by atoms with Crippen molar-refractivity contribution in [1.29, 1.82) is 0 Å². The quantitative estimate of drug-likeness (QED) is 0.701. The zero-order chi connectivity index (χ0) is 17.5. The minimum atomic E-state index is 0.341. The number of hydrogen-bond acceptors (Lipinski definition) is 4. The lowest BCUT2D eigenvalue weighted by Crippen LogP contribution is -2.05. The second-order valence-corrected chi connectivity index (χ2v) is 7.10. The third-order valence-corrected chi connectivity index (χ3v) is 5.45. The number of aromatic amines is 1. The molecule has 1 aliphatic carbocycles. The molecule has 3 N–H and O–H groups in total. The number of aryl methyl sites for hydroxylation is 2. The molecule has 2 aromatic heterocycles. The van der Waals surface area contributed by atoms with Crippen LogP contribution in [-0.4, -0.2) is 28.2 Å². The topological polar surface area (TPSA) is 76.8 Å². The van der Waals surface area contributed by atoms with Gasteiger partial charge < -0.3 is 15.5 Å². The molecule has 0 spiro atoms. The number of benzene rings is 1. The molecule has 132 valence electrons. The van der Waals surface area contributed by atoms with Crippen LogP contribution in [0.15, 0.2) is 30.5 Å². The molecule has 3 heterocycles. The number of nitrogens with two attached hydrogens (primary N) is 1. The van der Waals surface area contributed by atoms with Crippen LogP contribution in [0.3, 0.4) is 0 Å². The van der Waals surface area contributed by atoms with Crippen molar-refractivity contribution in [3.63, 3.8) is 0 Å². The van der Waals surface area contributed by atoms with Crippen molar-refractivity contribution in [2.24, 2.45) is 0 Å². The van der Waals surface area contributed by atoms with Gasteiger partial charge in [0.05, 0.1) is 18.9 Å². The fraction of sp³-hybridized carbons (Fsp3) is 0.333. The number of ether oxygens (including phenoxy) is 1. The Balaban J connectivity index is 1.75. The predicted octanol–water partition coefficient (Wildman–Crippen LogP) is 3.89. The average molecular weight is 346 g/mol. The summed E-state index contributed by atoms with van der Waals surface area (Å²) >= 11 is 0. The molecule has 1 aliphatic heterocycles. The molecule has 5 nitrogen and oxygen atoms in total. The first-order valence-corrected chi connectivity index (χ1v) is 9.33. The van der Waals surface area contributed by atoms with Gasteiger partial charge in [0.1, 0.15) is 0 Å². The summed E-state index contributed by atoms with van der Waals surface area (Å²) < 4.78 is 5.46. The van der Waals surface area contributed by atoms with E-state index in [-0.39, 0.29) is 0 Å². The molecule has 0 unspecified atom stereocenters. The van der Waals surface area contributed by atoms with Crippen molar-refractivity contribution in [3.05, 3.63) is 47.3 Å². The van der Waals surface area contributed by atoms with E-state index in [0.29, 0.717) is 12.6 Å². The maximum atomic E-state index is 5.93. The maximum Gasteiger partial charge on any atom is 0.220 e. The van der Waals surface area contributed by atoms with Crippen molar-refractivity contribution in [2.75, 3.05) is 18.9 Å². The lowest BCUT2D eigenvalue weighted by Gasteiger charge is -2.15. The summed E-state index contributed by atoms with van der Waals surface area (Å²) in [7, 11) is 0. The molecular formula is C21H22N4O. The lowest BCUT2D eigenvalue weighted by atomic mass is 9.93. The molecule has 3 aromatic rings. The van der Waals surface area contributed by atoms with E-state index in [1.165, 1.54) is 39.8 Å². The van der Waals surface area contributed by atoms with Crippen LogP contribution >= 0.6 is 0 Å². The number of nitrogens with zero attached hydrogens (tertiary/aromatic N) is 2. The first kappa shape index (κ1) is 15.6. The highest BCUT2D eigenvalue weighted by molar-refractivity contribution is 5.99. The number of nitrogen functional groups attached to an aromatic ring is 1. The van der Waals surface area contributed by atoms with Crippen LogP contribution in [0.25, 0.3) is 27.7 Å². The SMILES string of the molecule is Nc1ncc2c(n1)-c1c([nH]c3ccc(C4=CCOCC4)cc13)CCCC2. The number of anilines is 1. The number of rotatable bonds is 1. The zero-order valence-electron chi connectivity index (χ0n) is 14.7. The molecule has 2 aliphatic rings. The van der Waals surface area contributed by atoms with Crippen LogP contribution < -0.4 is 5.73 Å². The standard InChI is InChI=1S/C21H22N4O/c22-21-23-12-15-3-1-2-4-18-19(20(15)25-21)16-11-14(5-6-17(16)24-18)13-7-9-26-10-8-13/h5-7,11-12,24H,1-4,8-10H2,(H2,22,23,25). The first-order valence-electron chi connectivity index (χ1n) is 9.33. The van der Waals surface area contributed by atoms with E-state index >= 15 is 0 Å². The third-order valence-electron chi connectivity index (χ3n) is 5.45. The third kappa shape index (κ3) is 2.59. The molecule has 0 radical (unpaired) electrons. The van der Waals surface area contributed by atoms with Gasteiger partial charge in [0.15, 0.2) is 0 Å². The van der Waals surface area contributed by atoms with Gasteiger partial charge in [0.2, 0.25) is 5.95 Å². The molecule has 0 fully saturated rings. The Hall–Kier alpha value is -2.66. The Morgan fingerprint density at radius 1 is 1.12 bits per heavy atom. The lowest BCUT2D eigenvalue weighted by molar-refractivity contribution is 0.161. The summed E-state index contributed by atoms with van der Waals surface area (Å²) in [5.74, 6) is 0.341. The number of aromatic nitrogens is 3. The molecule has 0 amide bonds. The van der Waals surface area contributed by atoms with Gasteiger partial charge in [0.25, 0.3) is 0 Å². The van der Waals surface area contributed by atoms with E-state index < -0.39 is 0 Å². The summed E-state index contributed by atoms with van der Waals surface area (Å²) in [4.78, 5) is 12.5. The largest absolute Gasteiger partial charge is 0.377 e. The van der Waals surface area contributed by atoms with Gasteiger partial charge >= 0.3 is 0 Å². The van der Waals surface area contributed by atoms with E-state index in [2.05, 4.69) is 39.2 Å². The van der Waals surface area contributed by atoms with Crippen LogP contribution in [0.4, 0.5) is 5.95 Å². The van der Waals surface area contributed by atoms with E-state index in [0.717, 1.165) is 43.5 Å². The van der Waals surface area contributed by atoms with Crippen LogP contribution in [0.2, 0.25) is 0 Å². The Morgan fingerprint density at radius 2 is 2.04 bits per heavy atom. The second-order valence-electron chi connectivity index (χ2n) is 7.10. The minimum absolute atomic E-state index is 0.341. The van der Waals surface area contributed by atoms with Gasteiger partial charge in [0, 0.05) is 28.4 Å². The number of H-pyrrole nitrogens is 1. The predicted molar refractivity (Wildman–Crippen MR) is 104 cm³/mol. The summed E-state index contributed by atoms with van der Waals surface area (Å²) in [5, 5.41) is 1.23. The van der Waals surface area contributed by atoms with Gasteiger partial charge in [-0.15, -0.1) is 0 Å². The van der Waals surface area contributed by atoms with Gasteiger partial charge in [-0.3, -0.25) is 0 Å². The summed E-state index contributed by atoms with van der Waals surface area (Å²) in [6, 6.07) is 6.69. The van der Waals surface area contributed by atoms with E-state index in [4.69, 9.17) is 10.5 Å². The smallest absolute Gasteiger partial charge is 0.220 e. The van der Waals surface area contributed by atoms with Crippen molar-refractivity contribution in [2.45, 2.75) is 32.1 Å². The van der Waals surface area contributed by atoms with Crippen LogP contribution in [-0.2, 0) is 17.6 Å². The summed E-state index contributed by atoms with van der Waals surface area (Å²) in [6.07, 6.45) is 9.41. The van der Waals surface area contributed by atoms with Crippen LogP contribution in [0, 0.1) is 0 Å². The highest BCUT2D eigenvalue weighted by Crippen LogP contribution is 2.38. The van der Waals surface area contributed by atoms with Crippen molar-refractivity contribution < 1.29 is 4.74 Å². The normalized spacial score (nSPS) is 17.2. The Morgan fingerprint density at radius 3 is 2.92 bits per heavy atom. The highest BCUT2D eigenvalue weighted by atomic mass is 16.5. The molecule has 26 heavy (non-hydrogen) atoms. The van der Waals surface area contributed by atoms with Crippen LogP contribution in [0.5, 0.6) is 0 Å². The molecule has 5 heteroatoms. The van der Waals surface area contributed by atoms with Gasteiger partial charge in [-0.1, -0.05) is 12.1 Å². The van der Waals surface area contributed by atoms with E-state index in [9.17, 15) is 0 Å². The molecule has 5 rings (SSSR count). The monoisotopic (exact) mass is 346 g/mol. The summed E-state index contributed by atoms with van der Waals surface area (Å²) in [6.45, 7) is 1.49. The highest BCUT2D eigenvalue weighted by Gasteiger charge is 2.21. The number of nitrogens with one attached hydrogen (secondary N) is 1. The average Bonchev–Trinajstić information content (AvgIpc) is 3.01. The Labute approximate surface area is 152 Å². The molecule has 0 saturated heterocycles. The van der Waals surface area contributed by atoms with E-state index in [1.807, 2.05) is 6.20 Å². The van der Waals surface area contributed by atoms with Gasteiger partial charge in [-0.2, -0.15) is 0 Å². The molecule has 0 bridgehead atoms. The zero-order valence-corrected chi connectivity index (χ0v) is 14.7. The second kappa shape index (κ2) is 6.25. The Kier molecular flexibility index (Phi) is 3.75. The van der Waals surface area contributed by atoms with Gasteiger partial charge in [-0.05, 0) is 60.9 Å². The van der Waals surface area contributed by atoms with Crippen molar-refractivity contribution >= 4 is 22.4 Å². The maximum absolute atomic E-state index is 5.93. The molecule has 0 atom stereocenters. The number of fused-ring (bicyclic) bond motifs is 5. The Bertz CT molecular complexity index is 1020. The molecular weight excluding hydrogens is 324 g/mol. The fourth-order valence-electron chi connectivity index (χ4n) is 4.13.